The number of amides is 1. The summed E-state index contributed by atoms with van der Waals surface area (Å²) in [6.45, 7) is -0.0543. The summed E-state index contributed by atoms with van der Waals surface area (Å²) in [6, 6.07) is 17.3. The maximum Gasteiger partial charge on any atom is 0.341 e. The summed E-state index contributed by atoms with van der Waals surface area (Å²) in [6.07, 6.45) is 0. The van der Waals surface area contributed by atoms with E-state index in [1.807, 2.05) is 0 Å². The van der Waals surface area contributed by atoms with Crippen LogP contribution in [0.3, 0.4) is 0 Å². The van der Waals surface area contributed by atoms with Crippen molar-refractivity contribution < 1.29 is 23.5 Å². The Morgan fingerprint density at radius 3 is 2.31 bits per heavy atom. The van der Waals surface area contributed by atoms with Gasteiger partial charge in [0, 0.05) is 16.3 Å². The van der Waals surface area contributed by atoms with Crippen LogP contribution in [-0.2, 0) is 11.3 Å². The van der Waals surface area contributed by atoms with Gasteiger partial charge in [-0.2, -0.15) is 0 Å². The van der Waals surface area contributed by atoms with Gasteiger partial charge in [0.15, 0.2) is 0 Å². The molecule has 0 unspecified atom stereocenters. The summed E-state index contributed by atoms with van der Waals surface area (Å²) in [4.78, 5) is 24.3. The quantitative estimate of drug-likeness (QED) is 0.571. The highest BCUT2D eigenvalue weighted by Gasteiger charge is 2.14. The minimum atomic E-state index is -0.791. The molecule has 7 heteroatoms. The highest BCUT2D eigenvalue weighted by Crippen LogP contribution is 2.18. The van der Waals surface area contributed by atoms with Crippen LogP contribution in [0.15, 0.2) is 66.7 Å². The van der Waals surface area contributed by atoms with E-state index in [9.17, 15) is 14.0 Å². The Balaban J connectivity index is 1.57. The van der Waals surface area contributed by atoms with Crippen molar-refractivity contribution in [2.45, 2.75) is 6.61 Å². The predicted molar refractivity (Wildman–Crippen MR) is 108 cm³/mol. The molecule has 3 rings (SSSR count). The van der Waals surface area contributed by atoms with Gasteiger partial charge < -0.3 is 14.8 Å². The second-order valence-corrected chi connectivity index (χ2v) is 6.52. The Bertz CT molecular complexity index is 1020. The van der Waals surface area contributed by atoms with Gasteiger partial charge in [-0.3, -0.25) is 4.79 Å². The molecular formula is C22H17ClFNO4. The average molecular weight is 414 g/mol. The third-order valence-corrected chi connectivity index (χ3v) is 4.32. The topological polar surface area (TPSA) is 64.6 Å². The van der Waals surface area contributed by atoms with Crippen molar-refractivity contribution in [2.75, 3.05) is 12.4 Å². The second kappa shape index (κ2) is 9.21. The van der Waals surface area contributed by atoms with Crippen LogP contribution in [0.2, 0.25) is 5.02 Å². The largest absolute Gasteiger partial charge is 0.497 e. The minimum Gasteiger partial charge on any atom is -0.497 e. The summed E-state index contributed by atoms with van der Waals surface area (Å²) >= 11 is 5.67. The molecule has 0 aliphatic heterocycles. The zero-order valence-electron chi connectivity index (χ0n) is 15.4. The van der Waals surface area contributed by atoms with Crippen LogP contribution in [-0.4, -0.2) is 19.0 Å². The zero-order chi connectivity index (χ0) is 20.8. The molecule has 0 spiro atoms. The lowest BCUT2D eigenvalue weighted by Gasteiger charge is -2.08. The molecule has 1 amide bonds. The molecule has 0 radical (unpaired) electrons. The molecule has 0 aliphatic rings. The van der Waals surface area contributed by atoms with E-state index in [0.717, 1.165) is 6.07 Å². The van der Waals surface area contributed by atoms with Gasteiger partial charge in [0.1, 0.15) is 18.2 Å². The van der Waals surface area contributed by atoms with Crippen LogP contribution in [0.5, 0.6) is 5.75 Å². The first kappa shape index (κ1) is 20.4. The number of nitrogens with one attached hydrogen (secondary N) is 1. The molecular weight excluding hydrogens is 397 g/mol. The first-order valence-electron chi connectivity index (χ1n) is 8.63. The van der Waals surface area contributed by atoms with Crippen molar-refractivity contribution in [3.05, 3.63) is 94.3 Å². The van der Waals surface area contributed by atoms with E-state index in [1.165, 1.54) is 12.1 Å². The normalized spacial score (nSPS) is 10.3. The smallest absolute Gasteiger partial charge is 0.341 e. The summed E-state index contributed by atoms with van der Waals surface area (Å²) < 4.78 is 23.9. The molecule has 148 valence electrons. The lowest BCUT2D eigenvalue weighted by atomic mass is 10.1. The van der Waals surface area contributed by atoms with Crippen LogP contribution in [0, 0.1) is 5.82 Å². The maximum absolute atomic E-state index is 13.8. The van der Waals surface area contributed by atoms with E-state index in [1.54, 1.807) is 55.6 Å². The minimum absolute atomic E-state index is 0.0543. The zero-order valence-corrected chi connectivity index (χ0v) is 16.2. The number of carbonyl (C=O) groups excluding carboxylic acids is 2. The van der Waals surface area contributed by atoms with Crippen molar-refractivity contribution in [3.8, 4) is 5.75 Å². The lowest BCUT2D eigenvalue weighted by molar-refractivity contribution is 0.0467. The fourth-order valence-electron chi connectivity index (χ4n) is 2.51. The fourth-order valence-corrected chi connectivity index (χ4v) is 2.67. The Kier molecular flexibility index (Phi) is 6.46. The van der Waals surface area contributed by atoms with E-state index in [0.29, 0.717) is 22.6 Å². The highest BCUT2D eigenvalue weighted by molar-refractivity contribution is 6.30. The lowest BCUT2D eigenvalue weighted by Crippen LogP contribution is -2.12. The molecule has 3 aromatic rings. The van der Waals surface area contributed by atoms with E-state index in [4.69, 9.17) is 21.1 Å². The molecule has 0 heterocycles. The molecule has 1 N–H and O–H groups in total. The van der Waals surface area contributed by atoms with E-state index in [2.05, 4.69) is 5.32 Å². The van der Waals surface area contributed by atoms with Gasteiger partial charge in [0.05, 0.1) is 12.7 Å². The van der Waals surface area contributed by atoms with E-state index >= 15 is 0 Å². The first-order chi connectivity index (χ1) is 14.0. The van der Waals surface area contributed by atoms with Crippen LogP contribution < -0.4 is 10.1 Å². The number of hydrogen-bond donors (Lipinski definition) is 1. The molecule has 0 fully saturated rings. The SMILES string of the molecule is COc1ccc(NC(=O)c2ccc(COC(=O)c3ccc(Cl)cc3F)cc2)cc1. The van der Waals surface area contributed by atoms with Gasteiger partial charge in [0.2, 0.25) is 0 Å². The number of esters is 1. The Morgan fingerprint density at radius 1 is 1.00 bits per heavy atom. The third kappa shape index (κ3) is 5.33. The van der Waals surface area contributed by atoms with Crippen molar-refractivity contribution in [1.82, 2.24) is 0 Å². The number of rotatable bonds is 6. The molecule has 0 bridgehead atoms. The molecule has 0 saturated carbocycles. The molecule has 3 aromatic carbocycles. The number of anilines is 1. The number of benzene rings is 3. The van der Waals surface area contributed by atoms with E-state index in [-0.39, 0.29) is 23.1 Å². The second-order valence-electron chi connectivity index (χ2n) is 6.08. The Labute approximate surface area is 172 Å². The molecule has 29 heavy (non-hydrogen) atoms. The van der Waals surface area contributed by atoms with Gasteiger partial charge in [-0.1, -0.05) is 23.7 Å². The van der Waals surface area contributed by atoms with E-state index < -0.39 is 11.8 Å². The van der Waals surface area contributed by atoms with Crippen LogP contribution >= 0.6 is 11.6 Å². The van der Waals surface area contributed by atoms with Crippen molar-refractivity contribution >= 4 is 29.2 Å². The first-order valence-corrected chi connectivity index (χ1v) is 9.00. The van der Waals surface area contributed by atoms with Crippen LogP contribution in [0.4, 0.5) is 10.1 Å². The molecule has 0 atom stereocenters. The van der Waals surface area contributed by atoms with Crippen LogP contribution in [0.25, 0.3) is 0 Å². The Morgan fingerprint density at radius 2 is 1.69 bits per heavy atom. The van der Waals surface area contributed by atoms with Gasteiger partial charge in [0.25, 0.3) is 5.91 Å². The summed E-state index contributed by atoms with van der Waals surface area (Å²) in [5, 5.41) is 2.98. The monoisotopic (exact) mass is 413 g/mol. The van der Waals surface area contributed by atoms with Gasteiger partial charge in [-0.15, -0.1) is 0 Å². The summed E-state index contributed by atoms with van der Waals surface area (Å²) in [5.74, 6) is -1.11. The standard InChI is InChI=1S/C22H17ClFNO4/c1-28-18-9-7-17(8-10-18)25-21(26)15-4-2-14(3-5-15)13-29-22(27)19-11-6-16(23)12-20(19)24/h2-12H,13H2,1H3,(H,25,26). The van der Waals surface area contributed by atoms with Gasteiger partial charge >= 0.3 is 5.97 Å². The Hall–Kier alpha value is -3.38. The highest BCUT2D eigenvalue weighted by atomic mass is 35.5. The fraction of sp³-hybridized carbons (Fsp3) is 0.0909. The third-order valence-electron chi connectivity index (χ3n) is 4.08. The van der Waals surface area contributed by atoms with Crippen molar-refractivity contribution in [2.24, 2.45) is 0 Å². The van der Waals surface area contributed by atoms with Gasteiger partial charge in [-0.05, 0) is 60.2 Å². The van der Waals surface area contributed by atoms with Gasteiger partial charge in [-0.25, -0.2) is 9.18 Å². The number of methoxy groups -OCH3 is 1. The summed E-state index contributed by atoms with van der Waals surface area (Å²) in [7, 11) is 1.57. The maximum atomic E-state index is 13.8. The number of carbonyl (C=O) groups is 2. The molecule has 5 nitrogen and oxygen atoms in total. The molecule has 0 aromatic heterocycles. The molecule has 0 aliphatic carbocycles. The van der Waals surface area contributed by atoms with Crippen molar-refractivity contribution in [1.29, 1.82) is 0 Å². The number of ether oxygens (including phenoxy) is 2. The molecule has 0 saturated heterocycles. The van der Waals surface area contributed by atoms with Crippen molar-refractivity contribution in [3.63, 3.8) is 0 Å². The average Bonchev–Trinajstić information content (AvgIpc) is 2.73. The summed E-state index contributed by atoms with van der Waals surface area (Å²) in [5.41, 5.74) is 1.55. The predicted octanol–water partition coefficient (Wildman–Crippen LogP) is 5.10. The van der Waals surface area contributed by atoms with Crippen LogP contribution in [0.1, 0.15) is 26.3 Å². The number of halogens is 2. The number of hydrogen-bond acceptors (Lipinski definition) is 4.